The maximum Gasteiger partial charge on any atom is 0.122 e. The van der Waals surface area contributed by atoms with Crippen molar-refractivity contribution in [2.45, 2.75) is 179 Å². The SMILES string of the molecule is CCCCCCCCCc1cc(Sc2cc(CCCCCCCCC)c(O)c(C(C)(C)C)c2)cc(C(C)(C)C)c1O. The van der Waals surface area contributed by atoms with Gasteiger partial charge in [-0.05, 0) is 71.9 Å². The van der Waals surface area contributed by atoms with Crippen LogP contribution in [0.3, 0.4) is 0 Å². The molecule has 0 amide bonds. The minimum atomic E-state index is -0.136. The van der Waals surface area contributed by atoms with Crippen molar-refractivity contribution >= 4 is 11.8 Å². The van der Waals surface area contributed by atoms with Crippen LogP contribution in [0.4, 0.5) is 0 Å². The molecule has 41 heavy (non-hydrogen) atoms. The largest absolute Gasteiger partial charge is 0.507 e. The molecule has 0 radical (unpaired) electrons. The highest BCUT2D eigenvalue weighted by Crippen LogP contribution is 2.43. The van der Waals surface area contributed by atoms with Gasteiger partial charge in [0.25, 0.3) is 0 Å². The number of hydrogen-bond acceptors (Lipinski definition) is 3. The van der Waals surface area contributed by atoms with Crippen molar-refractivity contribution in [3.63, 3.8) is 0 Å². The zero-order valence-electron chi connectivity index (χ0n) is 27.9. The second-order valence-corrected chi connectivity index (χ2v) is 15.4. The highest BCUT2D eigenvalue weighted by Gasteiger charge is 2.24. The first kappa shape index (κ1) is 35.6. The van der Waals surface area contributed by atoms with Crippen LogP contribution in [0, 0.1) is 0 Å². The quantitative estimate of drug-likeness (QED) is 0.172. The monoisotopic (exact) mass is 582 g/mol. The third kappa shape index (κ3) is 12.3. The van der Waals surface area contributed by atoms with Gasteiger partial charge in [-0.15, -0.1) is 0 Å². The topological polar surface area (TPSA) is 40.5 Å². The van der Waals surface area contributed by atoms with Crippen LogP contribution in [-0.2, 0) is 23.7 Å². The molecule has 2 N–H and O–H groups in total. The van der Waals surface area contributed by atoms with Gasteiger partial charge in [0.1, 0.15) is 11.5 Å². The predicted molar refractivity (Wildman–Crippen MR) is 181 cm³/mol. The van der Waals surface area contributed by atoms with Gasteiger partial charge in [0.05, 0.1) is 0 Å². The molecule has 0 aliphatic heterocycles. The van der Waals surface area contributed by atoms with E-state index in [4.69, 9.17) is 0 Å². The molecule has 0 aliphatic carbocycles. The molecule has 2 aromatic carbocycles. The number of unbranched alkanes of at least 4 members (excludes halogenated alkanes) is 12. The predicted octanol–water partition coefficient (Wildman–Crippen LogP) is 12.4. The molecule has 0 saturated carbocycles. The third-order valence-electron chi connectivity index (χ3n) is 8.28. The summed E-state index contributed by atoms with van der Waals surface area (Å²) >= 11 is 1.78. The van der Waals surface area contributed by atoms with Crippen LogP contribution >= 0.6 is 11.8 Å². The number of phenols is 2. The summed E-state index contributed by atoms with van der Waals surface area (Å²) in [6, 6.07) is 8.81. The average Bonchev–Trinajstić information content (AvgIpc) is 2.89. The minimum Gasteiger partial charge on any atom is -0.507 e. The zero-order chi connectivity index (χ0) is 30.5. The molecule has 0 atom stereocenters. The summed E-state index contributed by atoms with van der Waals surface area (Å²) in [5.41, 5.74) is 3.93. The van der Waals surface area contributed by atoms with E-state index in [1.807, 2.05) is 0 Å². The molecule has 0 aliphatic rings. The van der Waals surface area contributed by atoms with Crippen molar-refractivity contribution in [2.75, 3.05) is 0 Å². The summed E-state index contributed by atoms with van der Waals surface area (Å²) in [6.45, 7) is 17.7. The van der Waals surface area contributed by atoms with Crippen molar-refractivity contribution in [1.82, 2.24) is 0 Å². The summed E-state index contributed by atoms with van der Waals surface area (Å²) < 4.78 is 0. The number of hydrogen-bond donors (Lipinski definition) is 2. The lowest BCUT2D eigenvalue weighted by Gasteiger charge is -2.25. The van der Waals surface area contributed by atoms with Crippen LogP contribution in [0.15, 0.2) is 34.1 Å². The number of aryl methyl sites for hydroxylation is 2. The maximum atomic E-state index is 11.3. The lowest BCUT2D eigenvalue weighted by atomic mass is 9.84. The molecule has 2 aromatic rings. The summed E-state index contributed by atoms with van der Waals surface area (Å²) in [5.74, 6) is 0.960. The Hall–Kier alpha value is -1.61. The third-order valence-corrected chi connectivity index (χ3v) is 9.22. The molecule has 3 heteroatoms. The van der Waals surface area contributed by atoms with Gasteiger partial charge >= 0.3 is 0 Å². The van der Waals surface area contributed by atoms with E-state index in [0.29, 0.717) is 11.5 Å². The lowest BCUT2D eigenvalue weighted by Crippen LogP contribution is -2.13. The van der Waals surface area contributed by atoms with Gasteiger partial charge in [0, 0.05) is 20.9 Å². The zero-order valence-corrected chi connectivity index (χ0v) is 28.7. The maximum absolute atomic E-state index is 11.3. The molecule has 2 rings (SSSR count). The first-order valence-electron chi connectivity index (χ1n) is 16.8. The molecule has 0 aromatic heterocycles. The number of aromatic hydroxyl groups is 2. The Morgan fingerprint density at radius 1 is 0.488 bits per heavy atom. The Kier molecular flexibility index (Phi) is 15.2. The fraction of sp³-hybridized carbons (Fsp3) is 0.684. The van der Waals surface area contributed by atoms with Gasteiger partial charge in [-0.25, -0.2) is 0 Å². The normalized spacial score (nSPS) is 12.3. The Morgan fingerprint density at radius 3 is 1.12 bits per heavy atom. The number of phenolic OH excluding ortho intramolecular Hbond substituents is 2. The first-order chi connectivity index (χ1) is 19.4. The molecule has 2 nitrogen and oxygen atoms in total. The van der Waals surface area contributed by atoms with Crippen molar-refractivity contribution in [1.29, 1.82) is 0 Å². The second-order valence-electron chi connectivity index (χ2n) is 14.3. The highest BCUT2D eigenvalue weighted by atomic mass is 32.2. The molecule has 0 bridgehead atoms. The smallest absolute Gasteiger partial charge is 0.122 e. The summed E-state index contributed by atoms with van der Waals surface area (Å²) in [4.78, 5) is 2.36. The van der Waals surface area contributed by atoms with Gasteiger partial charge in [-0.1, -0.05) is 144 Å². The Balaban J connectivity index is 2.26. The Labute approximate surface area is 258 Å². The minimum absolute atomic E-state index is 0.136. The van der Waals surface area contributed by atoms with E-state index in [0.717, 1.165) is 47.9 Å². The Bertz CT molecular complexity index is 958. The van der Waals surface area contributed by atoms with E-state index in [1.165, 1.54) is 86.8 Å². The van der Waals surface area contributed by atoms with Gasteiger partial charge in [-0.3, -0.25) is 0 Å². The van der Waals surface area contributed by atoms with Crippen LogP contribution in [0.25, 0.3) is 0 Å². The molecule has 232 valence electrons. The van der Waals surface area contributed by atoms with Crippen LogP contribution in [0.2, 0.25) is 0 Å². The van der Waals surface area contributed by atoms with E-state index in [-0.39, 0.29) is 10.8 Å². The van der Waals surface area contributed by atoms with Crippen molar-refractivity contribution in [2.24, 2.45) is 0 Å². The van der Waals surface area contributed by atoms with Gasteiger partial charge in [0.2, 0.25) is 0 Å². The van der Waals surface area contributed by atoms with E-state index in [1.54, 1.807) is 11.8 Å². The van der Waals surface area contributed by atoms with E-state index < -0.39 is 0 Å². The van der Waals surface area contributed by atoms with Gasteiger partial charge in [-0.2, -0.15) is 0 Å². The molecule has 0 spiro atoms. The fourth-order valence-electron chi connectivity index (χ4n) is 5.65. The van der Waals surface area contributed by atoms with Crippen LogP contribution < -0.4 is 0 Å². The molecule has 0 unspecified atom stereocenters. The second kappa shape index (κ2) is 17.5. The summed E-state index contributed by atoms with van der Waals surface area (Å²) in [5, 5.41) is 22.5. The van der Waals surface area contributed by atoms with Crippen LogP contribution in [0.5, 0.6) is 11.5 Å². The molecular weight excluding hydrogens is 520 g/mol. The van der Waals surface area contributed by atoms with Gasteiger partial charge in [0.15, 0.2) is 0 Å². The van der Waals surface area contributed by atoms with Gasteiger partial charge < -0.3 is 10.2 Å². The Morgan fingerprint density at radius 2 is 0.805 bits per heavy atom. The summed E-state index contributed by atoms with van der Waals surface area (Å²) in [6.07, 6.45) is 19.7. The van der Waals surface area contributed by atoms with Crippen molar-refractivity contribution in [3.05, 3.63) is 46.5 Å². The van der Waals surface area contributed by atoms with Crippen molar-refractivity contribution < 1.29 is 10.2 Å². The lowest BCUT2D eigenvalue weighted by molar-refractivity contribution is 0.437. The average molecular weight is 583 g/mol. The highest BCUT2D eigenvalue weighted by molar-refractivity contribution is 7.99. The van der Waals surface area contributed by atoms with E-state index in [2.05, 4.69) is 79.7 Å². The fourth-order valence-corrected chi connectivity index (χ4v) is 6.68. The standard InChI is InChI=1S/C38H62O2S/c1-9-11-13-15-17-19-21-23-29-25-31(27-33(35(29)39)37(3,4)5)41-32-26-30(24-22-20-18-16-14-12-10-2)36(40)34(28-32)38(6,7)8/h25-28,39-40H,9-24H2,1-8H3. The van der Waals surface area contributed by atoms with Crippen molar-refractivity contribution in [3.8, 4) is 11.5 Å². The molecule has 0 heterocycles. The van der Waals surface area contributed by atoms with Crippen LogP contribution in [-0.4, -0.2) is 10.2 Å². The first-order valence-corrected chi connectivity index (χ1v) is 17.6. The van der Waals surface area contributed by atoms with Crippen LogP contribution in [0.1, 0.15) is 168 Å². The number of benzene rings is 2. The molecular formula is C38H62O2S. The van der Waals surface area contributed by atoms with E-state index >= 15 is 0 Å². The molecule has 0 fully saturated rings. The summed E-state index contributed by atoms with van der Waals surface area (Å²) in [7, 11) is 0. The number of rotatable bonds is 18. The van der Waals surface area contributed by atoms with E-state index in [9.17, 15) is 10.2 Å². The molecule has 0 saturated heterocycles.